The third-order valence-electron chi connectivity index (χ3n) is 8.42. The third kappa shape index (κ3) is 7.57. The van der Waals surface area contributed by atoms with Gasteiger partial charge in [-0.3, -0.25) is 9.80 Å². The van der Waals surface area contributed by atoms with Gasteiger partial charge < -0.3 is 9.88 Å². The van der Waals surface area contributed by atoms with Gasteiger partial charge in [-0.05, 0) is 56.0 Å². The first-order chi connectivity index (χ1) is 25.3. The van der Waals surface area contributed by atoms with Crippen molar-refractivity contribution in [3.05, 3.63) is 52.3 Å². The van der Waals surface area contributed by atoms with Crippen LogP contribution < -0.4 is 5.32 Å². The molecule has 4 aromatic rings. The molecule has 5 heterocycles. The van der Waals surface area contributed by atoms with Crippen LogP contribution >= 0.6 is 11.3 Å². The molecule has 2 aliphatic heterocycles. The van der Waals surface area contributed by atoms with E-state index >= 15 is 0 Å². The highest BCUT2D eigenvalue weighted by Gasteiger charge is 2.30. The van der Waals surface area contributed by atoms with Gasteiger partial charge >= 0.3 is 6.18 Å². The smallest absolute Gasteiger partial charge is 0.367 e. The Morgan fingerprint density at radius 2 is 1.87 bits per heavy atom. The van der Waals surface area contributed by atoms with Gasteiger partial charge in [0.1, 0.15) is 28.7 Å². The first-order valence-corrected chi connectivity index (χ1v) is 17.6. The average molecular weight is 697 g/mol. The summed E-state index contributed by atoms with van der Waals surface area (Å²) in [6.07, 6.45) is -2.03. The zero-order valence-corrected chi connectivity index (χ0v) is 27.5. The maximum atomic E-state index is 13.0. The fraction of sp³-hybridized carbons (Fsp3) is 0.531. The number of hydrogen-bond donors (Lipinski definition) is 1. The quantitative estimate of drug-likeness (QED) is 0.261. The summed E-state index contributed by atoms with van der Waals surface area (Å²) >= 11 is 0.999. The number of nitriles is 1. The van der Waals surface area contributed by atoms with Crippen molar-refractivity contribution < 1.29 is 32.6 Å². The fourth-order valence-electron chi connectivity index (χ4n) is 5.94. The number of piperidine rings is 1. The standard InChI is InChI=1S/C32H39F3N8O2S2/c1-21(41-10-12-42(13-11-41)47(3,44)45)18-43-25(17-36)14-27-22(2)23(4-5-29(27)43)19-40-8-6-24(7-9-40)39-30-28-15-26(16-32(33,34)35)46-31(28)38-20-37-30/h4-5,14-15,20-21,24H,6-13,16,18-19H2,1-3H3,(H,37,38,39)/i10D2,11D2,12D2,13D2. The van der Waals surface area contributed by atoms with Crippen molar-refractivity contribution in [2.24, 2.45) is 0 Å². The van der Waals surface area contributed by atoms with Crippen molar-refractivity contribution in [1.29, 1.82) is 5.26 Å². The molecule has 0 amide bonds. The predicted molar refractivity (Wildman–Crippen MR) is 178 cm³/mol. The van der Waals surface area contributed by atoms with E-state index in [1.54, 1.807) is 12.1 Å². The summed E-state index contributed by atoms with van der Waals surface area (Å²) in [4.78, 5) is 11.8. The van der Waals surface area contributed by atoms with Crippen LogP contribution in [0.2, 0.25) is 0 Å². The van der Waals surface area contributed by atoms with Crippen LogP contribution in [-0.2, 0) is 29.5 Å². The SMILES string of the molecule is [2H]C1([2H])N(C(C)Cn2c(C#N)cc3c(C)c(CN4CCC(Nc5ncnc6sc(CC(F)(F)F)cc56)CC4)ccc32)C([2H])([2H])C([2H])([2H])N(S(C)(=O)=O)C1([2H])[2H]. The monoisotopic (exact) mass is 696 g/mol. The minimum Gasteiger partial charge on any atom is -0.367 e. The Labute approximate surface area is 288 Å². The lowest BCUT2D eigenvalue weighted by Crippen LogP contribution is -2.51. The fourth-order valence-corrected chi connectivity index (χ4v) is 7.38. The van der Waals surface area contributed by atoms with Crippen molar-refractivity contribution in [2.75, 3.05) is 50.6 Å². The van der Waals surface area contributed by atoms with Gasteiger partial charge in [-0.2, -0.15) is 22.7 Å². The van der Waals surface area contributed by atoms with Gasteiger partial charge in [0.25, 0.3) is 0 Å². The second-order valence-corrected chi connectivity index (χ2v) is 14.8. The van der Waals surface area contributed by atoms with Gasteiger partial charge in [0.05, 0.1) is 18.1 Å². The van der Waals surface area contributed by atoms with Crippen molar-refractivity contribution in [1.82, 2.24) is 28.6 Å². The second-order valence-electron chi connectivity index (χ2n) is 11.9. The molecule has 2 saturated heterocycles. The van der Waals surface area contributed by atoms with E-state index in [2.05, 4.69) is 26.3 Å². The number of rotatable bonds is 9. The van der Waals surface area contributed by atoms with Crippen LogP contribution in [0, 0.1) is 18.3 Å². The molecule has 0 spiro atoms. The number of aryl methyl sites for hydroxylation is 1. The zero-order chi connectivity index (χ0) is 40.7. The van der Waals surface area contributed by atoms with Crippen LogP contribution in [0.15, 0.2) is 30.6 Å². The summed E-state index contributed by atoms with van der Waals surface area (Å²) in [5, 5.41) is 14.8. The number of fused-ring (bicyclic) bond motifs is 2. The predicted octanol–water partition coefficient (Wildman–Crippen LogP) is 4.97. The second kappa shape index (κ2) is 13.3. The van der Waals surface area contributed by atoms with Crippen molar-refractivity contribution in [3.63, 3.8) is 0 Å². The molecule has 15 heteroatoms. The van der Waals surface area contributed by atoms with Crippen LogP contribution in [0.3, 0.4) is 0 Å². The van der Waals surface area contributed by atoms with Gasteiger partial charge in [0.15, 0.2) is 0 Å². The van der Waals surface area contributed by atoms with E-state index in [0.717, 1.165) is 35.3 Å². The summed E-state index contributed by atoms with van der Waals surface area (Å²) in [7, 11) is -4.78. The minimum absolute atomic E-state index is 0.0373. The van der Waals surface area contributed by atoms with E-state index in [9.17, 15) is 26.9 Å². The van der Waals surface area contributed by atoms with E-state index in [4.69, 9.17) is 11.0 Å². The number of likely N-dealkylation sites (tertiary alicyclic amines) is 1. The molecular formula is C32H39F3N8O2S2. The molecule has 2 fully saturated rings. The first kappa shape index (κ1) is 24.8. The summed E-state index contributed by atoms with van der Waals surface area (Å²) in [6.45, 7) is -8.73. The van der Waals surface area contributed by atoms with E-state index in [1.165, 1.54) is 23.9 Å². The molecule has 1 N–H and O–H groups in total. The number of thiophene rings is 1. The molecule has 1 unspecified atom stereocenters. The number of aromatic nitrogens is 3. The number of halogens is 3. The molecule has 6 rings (SSSR count). The number of alkyl halides is 3. The lowest BCUT2D eigenvalue weighted by atomic mass is 10.0. The molecule has 47 heavy (non-hydrogen) atoms. The van der Waals surface area contributed by atoms with Crippen LogP contribution in [0.4, 0.5) is 19.0 Å². The van der Waals surface area contributed by atoms with E-state index in [1.807, 2.05) is 13.0 Å². The normalized spacial score (nSPS) is 25.4. The van der Waals surface area contributed by atoms with E-state index in [0.29, 0.717) is 57.7 Å². The van der Waals surface area contributed by atoms with Crippen molar-refractivity contribution in [3.8, 4) is 6.07 Å². The largest absolute Gasteiger partial charge is 0.393 e. The van der Waals surface area contributed by atoms with Gasteiger partial charge in [-0.15, -0.1) is 11.3 Å². The topological polar surface area (TPSA) is 110 Å². The Morgan fingerprint density at radius 1 is 1.15 bits per heavy atom. The van der Waals surface area contributed by atoms with Crippen molar-refractivity contribution in [2.45, 2.75) is 64.5 Å². The molecule has 0 saturated carbocycles. The first-order valence-electron chi connectivity index (χ1n) is 18.9. The molecule has 10 nitrogen and oxygen atoms in total. The number of anilines is 1. The molecule has 1 aromatic carbocycles. The van der Waals surface area contributed by atoms with E-state index in [-0.39, 0.29) is 27.5 Å². The molecule has 0 radical (unpaired) electrons. The molecule has 3 aromatic heterocycles. The zero-order valence-electron chi connectivity index (χ0n) is 33.9. The maximum Gasteiger partial charge on any atom is 0.393 e. The number of hydrogen-bond acceptors (Lipinski definition) is 9. The maximum absolute atomic E-state index is 13.0. The molecule has 1 atom stereocenters. The van der Waals surface area contributed by atoms with Gasteiger partial charge in [0, 0.05) is 91.0 Å². The molecule has 0 bridgehead atoms. The highest BCUT2D eigenvalue weighted by Crippen LogP contribution is 2.33. The van der Waals surface area contributed by atoms with Crippen LogP contribution in [0.25, 0.3) is 21.1 Å². The number of nitrogens with zero attached hydrogens (tertiary/aromatic N) is 7. The number of nitrogens with one attached hydrogen (secondary N) is 1. The highest BCUT2D eigenvalue weighted by molar-refractivity contribution is 7.88. The lowest BCUT2D eigenvalue weighted by Gasteiger charge is -2.37. The Morgan fingerprint density at radius 3 is 2.53 bits per heavy atom. The highest BCUT2D eigenvalue weighted by atomic mass is 32.2. The minimum atomic E-state index is -4.78. The Balaban J connectivity index is 1.18. The summed E-state index contributed by atoms with van der Waals surface area (Å²) in [5.74, 6) is 0.502. The lowest BCUT2D eigenvalue weighted by molar-refractivity contribution is -0.126. The molecule has 0 aliphatic carbocycles. The van der Waals surface area contributed by atoms with Crippen LogP contribution in [0.1, 0.15) is 52.4 Å². The van der Waals surface area contributed by atoms with Crippen molar-refractivity contribution >= 4 is 48.3 Å². The van der Waals surface area contributed by atoms with Crippen LogP contribution in [-0.4, -0.2) is 101 Å². The Bertz CT molecular complexity index is 2240. The molecular weight excluding hydrogens is 650 g/mol. The summed E-state index contributed by atoms with van der Waals surface area (Å²) in [5.41, 5.74) is 2.58. The number of piperazine rings is 1. The third-order valence-corrected chi connectivity index (χ3v) is 10.3. The Hall–Kier alpha value is -3.29. The molecule has 252 valence electrons. The number of benzene rings is 1. The average Bonchev–Trinajstić information content (AvgIpc) is 3.61. The summed E-state index contributed by atoms with van der Waals surface area (Å²) < 4.78 is 133. The number of sulfonamides is 1. The van der Waals surface area contributed by atoms with Gasteiger partial charge in [-0.25, -0.2) is 18.4 Å². The van der Waals surface area contributed by atoms with Gasteiger partial charge in [-0.1, -0.05) is 6.07 Å². The summed E-state index contributed by atoms with van der Waals surface area (Å²) in [6, 6.07) is 7.71. The Kier molecular flexibility index (Phi) is 7.02. The van der Waals surface area contributed by atoms with E-state index < -0.39 is 54.6 Å². The van der Waals surface area contributed by atoms with Crippen LogP contribution in [0.5, 0.6) is 0 Å². The van der Waals surface area contributed by atoms with Gasteiger partial charge in [0.2, 0.25) is 10.0 Å². The molecule has 2 aliphatic rings.